The Hall–Kier alpha value is -2.49. The van der Waals surface area contributed by atoms with Crippen LogP contribution in [-0.4, -0.2) is 89.4 Å². The normalized spacial score (nSPS) is 23.8. The van der Waals surface area contributed by atoms with Gasteiger partial charge >= 0.3 is 0 Å². The molecule has 1 aromatic heterocycles. The molecule has 0 saturated carbocycles. The predicted octanol–water partition coefficient (Wildman–Crippen LogP) is 0.857. The van der Waals surface area contributed by atoms with Crippen LogP contribution >= 0.6 is 0 Å². The van der Waals surface area contributed by atoms with Crippen LogP contribution in [0.3, 0.4) is 0 Å². The summed E-state index contributed by atoms with van der Waals surface area (Å²) in [5.41, 5.74) is 3.05. The number of aromatic nitrogens is 2. The van der Waals surface area contributed by atoms with Crippen molar-refractivity contribution in [1.29, 1.82) is 0 Å². The number of rotatable bonds is 4. The average molecular weight is 454 g/mol. The van der Waals surface area contributed by atoms with Crippen LogP contribution in [0.5, 0.6) is 0 Å². The number of nitrogens with one attached hydrogen (secondary N) is 2. The number of fused-ring (bicyclic) bond motifs is 1. The lowest BCUT2D eigenvalue weighted by Gasteiger charge is -2.51. The molecule has 0 radical (unpaired) electrons. The van der Waals surface area contributed by atoms with Gasteiger partial charge in [-0.25, -0.2) is 0 Å². The molecule has 0 spiro atoms. The van der Waals surface area contributed by atoms with Crippen molar-refractivity contribution >= 4 is 28.4 Å². The maximum absolute atomic E-state index is 12.4. The summed E-state index contributed by atoms with van der Waals surface area (Å²) >= 11 is 0. The Labute approximate surface area is 195 Å². The van der Waals surface area contributed by atoms with Crippen molar-refractivity contribution in [2.24, 2.45) is 7.05 Å². The van der Waals surface area contributed by atoms with Gasteiger partial charge in [-0.1, -0.05) is 0 Å². The van der Waals surface area contributed by atoms with Crippen molar-refractivity contribution in [3.8, 4) is 0 Å². The molecule has 0 aliphatic carbocycles. The van der Waals surface area contributed by atoms with Gasteiger partial charge in [-0.05, 0) is 38.5 Å². The van der Waals surface area contributed by atoms with Gasteiger partial charge in [0.05, 0.1) is 22.8 Å². The van der Waals surface area contributed by atoms with Crippen molar-refractivity contribution < 1.29 is 9.59 Å². The van der Waals surface area contributed by atoms with E-state index in [0.717, 1.165) is 69.0 Å². The second kappa shape index (κ2) is 8.70. The molecule has 2 amide bonds. The Morgan fingerprint density at radius 3 is 2.39 bits per heavy atom. The standard InChI is InChI=1S/C24H35N7O2/c1-24(2,30-10-8-25-9-11-30)31-14-12-29(13-15-31)17-4-5-18-20(16-17)28(3)27-22(18)19-6-7-21(32)26-23(19)33/h4-5,16,19,25H,6-15H2,1-3H3,(H,26,32,33). The second-order valence-corrected chi connectivity index (χ2v) is 9.92. The van der Waals surface area contributed by atoms with Crippen LogP contribution in [0.1, 0.15) is 38.3 Å². The summed E-state index contributed by atoms with van der Waals surface area (Å²) < 4.78 is 1.86. The number of hydrogen-bond donors (Lipinski definition) is 2. The molecule has 1 aromatic carbocycles. The van der Waals surface area contributed by atoms with E-state index >= 15 is 0 Å². The van der Waals surface area contributed by atoms with Gasteiger partial charge in [-0.15, -0.1) is 0 Å². The molecule has 1 atom stereocenters. The Morgan fingerprint density at radius 1 is 1.00 bits per heavy atom. The largest absolute Gasteiger partial charge is 0.369 e. The lowest BCUT2D eigenvalue weighted by atomic mass is 9.93. The lowest BCUT2D eigenvalue weighted by molar-refractivity contribution is -0.134. The monoisotopic (exact) mass is 453 g/mol. The fourth-order valence-electron chi connectivity index (χ4n) is 5.61. The smallest absolute Gasteiger partial charge is 0.235 e. The van der Waals surface area contributed by atoms with E-state index in [4.69, 9.17) is 0 Å². The highest BCUT2D eigenvalue weighted by molar-refractivity contribution is 6.02. The topological polar surface area (TPSA) is 85.7 Å². The van der Waals surface area contributed by atoms with Gasteiger partial charge in [0, 0.05) is 76.9 Å². The van der Waals surface area contributed by atoms with Gasteiger partial charge in [-0.3, -0.25) is 29.4 Å². The molecular formula is C24H35N7O2. The molecule has 9 nitrogen and oxygen atoms in total. The Kier molecular flexibility index (Phi) is 5.88. The summed E-state index contributed by atoms with van der Waals surface area (Å²) in [7, 11) is 1.93. The van der Waals surface area contributed by atoms with Gasteiger partial charge in [0.2, 0.25) is 11.8 Å². The van der Waals surface area contributed by atoms with E-state index in [1.807, 2.05) is 11.7 Å². The van der Waals surface area contributed by atoms with Crippen molar-refractivity contribution in [1.82, 2.24) is 30.2 Å². The van der Waals surface area contributed by atoms with Crippen LogP contribution in [-0.2, 0) is 16.6 Å². The summed E-state index contributed by atoms with van der Waals surface area (Å²) in [4.78, 5) is 31.6. The Morgan fingerprint density at radius 2 is 1.70 bits per heavy atom. The highest BCUT2D eigenvalue weighted by Gasteiger charge is 2.36. The molecule has 0 bridgehead atoms. The molecule has 4 heterocycles. The van der Waals surface area contributed by atoms with E-state index in [9.17, 15) is 9.59 Å². The van der Waals surface area contributed by atoms with E-state index in [-0.39, 0.29) is 23.4 Å². The lowest BCUT2D eigenvalue weighted by Crippen LogP contribution is -2.64. The fraction of sp³-hybridized carbons (Fsp3) is 0.625. The quantitative estimate of drug-likeness (QED) is 0.664. The van der Waals surface area contributed by atoms with Crippen LogP contribution in [0.25, 0.3) is 10.9 Å². The third kappa shape index (κ3) is 4.13. The molecule has 9 heteroatoms. The summed E-state index contributed by atoms with van der Waals surface area (Å²) in [6.07, 6.45) is 0.879. The second-order valence-electron chi connectivity index (χ2n) is 9.92. The number of nitrogens with zero attached hydrogens (tertiary/aromatic N) is 5. The maximum atomic E-state index is 12.4. The molecule has 33 heavy (non-hydrogen) atoms. The molecule has 3 saturated heterocycles. The zero-order chi connectivity index (χ0) is 23.2. The minimum Gasteiger partial charge on any atom is -0.369 e. The van der Waals surface area contributed by atoms with Crippen LogP contribution in [0, 0.1) is 0 Å². The van der Waals surface area contributed by atoms with Crippen LogP contribution < -0.4 is 15.5 Å². The van der Waals surface area contributed by atoms with Gasteiger partial charge < -0.3 is 10.2 Å². The minimum atomic E-state index is -0.368. The van der Waals surface area contributed by atoms with Crippen molar-refractivity contribution in [2.45, 2.75) is 38.3 Å². The number of carbonyl (C=O) groups is 2. The minimum absolute atomic E-state index is 0.0665. The third-order valence-corrected chi connectivity index (χ3v) is 7.74. The molecule has 178 valence electrons. The van der Waals surface area contributed by atoms with E-state index in [2.05, 4.69) is 62.5 Å². The van der Waals surface area contributed by atoms with Crippen LogP contribution in [0.4, 0.5) is 5.69 Å². The number of aryl methyl sites for hydroxylation is 1. The average Bonchev–Trinajstić information content (AvgIpc) is 3.15. The van der Waals surface area contributed by atoms with Crippen LogP contribution in [0.2, 0.25) is 0 Å². The number of piperazine rings is 2. The van der Waals surface area contributed by atoms with Crippen molar-refractivity contribution in [3.05, 3.63) is 23.9 Å². The number of imide groups is 1. The molecule has 2 N–H and O–H groups in total. The number of piperidine rings is 1. The Balaban J connectivity index is 1.31. The van der Waals surface area contributed by atoms with Gasteiger partial charge in [0.1, 0.15) is 0 Å². The maximum Gasteiger partial charge on any atom is 0.235 e. The highest BCUT2D eigenvalue weighted by atomic mass is 16.2. The molecule has 5 rings (SSSR count). The number of hydrogen-bond acceptors (Lipinski definition) is 7. The number of carbonyl (C=O) groups excluding carboxylic acids is 2. The van der Waals surface area contributed by atoms with Gasteiger partial charge in [0.15, 0.2) is 0 Å². The van der Waals surface area contributed by atoms with Gasteiger partial charge in [0.25, 0.3) is 0 Å². The van der Waals surface area contributed by atoms with E-state index in [1.54, 1.807) is 0 Å². The van der Waals surface area contributed by atoms with E-state index in [0.29, 0.717) is 12.8 Å². The summed E-state index contributed by atoms with van der Waals surface area (Å²) in [6.45, 7) is 13.1. The Bertz CT molecular complexity index is 1050. The van der Waals surface area contributed by atoms with Crippen LogP contribution in [0.15, 0.2) is 18.2 Å². The van der Waals surface area contributed by atoms with Crippen molar-refractivity contribution in [3.63, 3.8) is 0 Å². The highest BCUT2D eigenvalue weighted by Crippen LogP contribution is 2.33. The number of anilines is 1. The van der Waals surface area contributed by atoms with Crippen molar-refractivity contribution in [2.75, 3.05) is 57.3 Å². The molecular weight excluding hydrogens is 418 g/mol. The molecule has 1 unspecified atom stereocenters. The SMILES string of the molecule is Cn1nc(C2CCC(=O)NC2=O)c2ccc(N3CCN(C(C)(C)N4CCNCC4)CC3)cc21. The third-order valence-electron chi connectivity index (χ3n) is 7.74. The first-order valence-corrected chi connectivity index (χ1v) is 12.1. The first-order chi connectivity index (χ1) is 15.8. The fourth-order valence-corrected chi connectivity index (χ4v) is 5.61. The summed E-state index contributed by atoms with van der Waals surface area (Å²) in [5, 5.41) is 11.6. The zero-order valence-electron chi connectivity index (χ0n) is 19.9. The summed E-state index contributed by atoms with van der Waals surface area (Å²) in [5.74, 6) is -0.801. The molecule has 3 aliphatic rings. The number of benzene rings is 1. The molecule has 3 fully saturated rings. The first kappa shape index (κ1) is 22.3. The van der Waals surface area contributed by atoms with E-state index in [1.165, 1.54) is 5.69 Å². The zero-order valence-corrected chi connectivity index (χ0v) is 19.9. The van der Waals surface area contributed by atoms with Gasteiger partial charge in [-0.2, -0.15) is 5.10 Å². The number of amides is 2. The predicted molar refractivity (Wildman–Crippen MR) is 128 cm³/mol. The van der Waals surface area contributed by atoms with E-state index < -0.39 is 0 Å². The molecule has 2 aromatic rings. The summed E-state index contributed by atoms with van der Waals surface area (Å²) in [6, 6.07) is 6.43. The molecule has 3 aliphatic heterocycles. The first-order valence-electron chi connectivity index (χ1n) is 12.1.